The van der Waals surface area contributed by atoms with Crippen molar-refractivity contribution in [2.75, 3.05) is 18.5 Å². The molecule has 2 amide bonds. The minimum atomic E-state index is -0.332. The number of carbonyl (C=O) groups excluding carboxylic acids is 2. The van der Waals surface area contributed by atoms with E-state index in [1.54, 1.807) is 37.3 Å². The second-order valence-electron chi connectivity index (χ2n) is 7.09. The smallest absolute Gasteiger partial charge is 0.259 e. The molecule has 2 heterocycles. The highest BCUT2D eigenvalue weighted by atomic mass is 16.5. The van der Waals surface area contributed by atoms with E-state index in [0.29, 0.717) is 46.0 Å². The molecule has 8 nitrogen and oxygen atoms in total. The molecule has 4 rings (SSSR count). The summed E-state index contributed by atoms with van der Waals surface area (Å²) < 4.78 is 10.9. The van der Waals surface area contributed by atoms with Crippen LogP contribution in [-0.4, -0.2) is 35.1 Å². The zero-order valence-corrected chi connectivity index (χ0v) is 17.7. The number of rotatable bonds is 7. The first kappa shape index (κ1) is 21.0. The lowest BCUT2D eigenvalue weighted by molar-refractivity contribution is -0.122. The maximum Gasteiger partial charge on any atom is 0.259 e. The van der Waals surface area contributed by atoms with Gasteiger partial charge >= 0.3 is 0 Å². The van der Waals surface area contributed by atoms with Gasteiger partial charge in [-0.3, -0.25) is 9.59 Å². The zero-order chi connectivity index (χ0) is 22.5. The van der Waals surface area contributed by atoms with E-state index in [0.717, 1.165) is 5.56 Å². The summed E-state index contributed by atoms with van der Waals surface area (Å²) in [5.74, 6) is -0.0701. The maximum absolute atomic E-state index is 13.2. The van der Waals surface area contributed by atoms with Gasteiger partial charge in [-0.15, -0.1) is 0 Å². The van der Waals surface area contributed by atoms with E-state index in [1.807, 2.05) is 37.3 Å². The lowest BCUT2D eigenvalue weighted by Gasteiger charge is -2.10. The summed E-state index contributed by atoms with van der Waals surface area (Å²) in [6.45, 7) is 4.04. The Hall–Kier alpha value is -4.20. The van der Waals surface area contributed by atoms with Crippen molar-refractivity contribution >= 4 is 28.6 Å². The predicted octanol–water partition coefficient (Wildman–Crippen LogP) is 3.97. The van der Waals surface area contributed by atoms with Gasteiger partial charge in [0.1, 0.15) is 5.75 Å². The van der Waals surface area contributed by atoms with Gasteiger partial charge in [0.2, 0.25) is 0 Å². The minimum Gasteiger partial charge on any atom is -0.484 e. The molecule has 2 aromatic carbocycles. The zero-order valence-electron chi connectivity index (χ0n) is 17.7. The molecule has 0 unspecified atom stereocenters. The molecule has 0 fully saturated rings. The first-order valence-electron chi connectivity index (χ1n) is 10.2. The maximum atomic E-state index is 13.2. The standard InChI is InChI=1S/C24H22N4O4/c1-3-25-21(29)14-31-18-11-7-10-17(12-18)26-23(30)19-13-20(16-8-5-4-6-9-16)27-24-22(19)15(2)28-32-24/h4-13H,3,14H2,1-2H3,(H,25,29)(H,26,30). The average molecular weight is 430 g/mol. The van der Waals surface area contributed by atoms with E-state index in [-0.39, 0.29) is 18.4 Å². The summed E-state index contributed by atoms with van der Waals surface area (Å²) in [7, 11) is 0. The van der Waals surface area contributed by atoms with Gasteiger partial charge in [0.05, 0.1) is 22.3 Å². The number of nitrogens with one attached hydrogen (secondary N) is 2. The van der Waals surface area contributed by atoms with Crippen molar-refractivity contribution in [3.05, 3.63) is 71.9 Å². The van der Waals surface area contributed by atoms with Crippen LogP contribution in [0.5, 0.6) is 5.75 Å². The molecule has 32 heavy (non-hydrogen) atoms. The van der Waals surface area contributed by atoms with Gasteiger partial charge in [0.25, 0.3) is 17.5 Å². The molecule has 0 spiro atoms. The molecule has 0 atom stereocenters. The fourth-order valence-electron chi connectivity index (χ4n) is 3.29. The molecule has 0 radical (unpaired) electrons. The summed E-state index contributed by atoms with van der Waals surface area (Å²) >= 11 is 0. The number of likely N-dealkylation sites (N-methyl/N-ethyl adjacent to an activating group) is 1. The number of pyridine rings is 1. The molecular weight excluding hydrogens is 408 g/mol. The van der Waals surface area contributed by atoms with E-state index in [2.05, 4.69) is 20.8 Å². The Kier molecular flexibility index (Phi) is 6.12. The van der Waals surface area contributed by atoms with Gasteiger partial charge in [-0.1, -0.05) is 41.6 Å². The fraction of sp³-hybridized carbons (Fsp3) is 0.167. The van der Waals surface area contributed by atoms with Crippen LogP contribution in [0.3, 0.4) is 0 Å². The van der Waals surface area contributed by atoms with Crippen LogP contribution in [0.4, 0.5) is 5.69 Å². The third-order valence-corrected chi connectivity index (χ3v) is 4.77. The number of hydrogen-bond acceptors (Lipinski definition) is 6. The van der Waals surface area contributed by atoms with Crippen LogP contribution >= 0.6 is 0 Å². The summed E-state index contributed by atoms with van der Waals surface area (Å²) in [6.07, 6.45) is 0. The number of fused-ring (bicyclic) bond motifs is 1. The number of benzene rings is 2. The van der Waals surface area contributed by atoms with Gasteiger partial charge in [0.15, 0.2) is 6.61 Å². The van der Waals surface area contributed by atoms with Crippen molar-refractivity contribution in [3.63, 3.8) is 0 Å². The predicted molar refractivity (Wildman–Crippen MR) is 121 cm³/mol. The van der Waals surface area contributed by atoms with E-state index in [1.165, 1.54) is 0 Å². The van der Waals surface area contributed by atoms with Crippen LogP contribution in [0.1, 0.15) is 23.0 Å². The highest BCUT2D eigenvalue weighted by Crippen LogP contribution is 2.28. The minimum absolute atomic E-state index is 0.101. The van der Waals surface area contributed by atoms with Gasteiger partial charge in [-0.05, 0) is 32.0 Å². The first-order valence-corrected chi connectivity index (χ1v) is 10.2. The van der Waals surface area contributed by atoms with Crippen molar-refractivity contribution in [1.29, 1.82) is 0 Å². The van der Waals surface area contributed by atoms with Crippen LogP contribution in [0.2, 0.25) is 0 Å². The van der Waals surface area contributed by atoms with Crippen molar-refractivity contribution in [1.82, 2.24) is 15.5 Å². The molecule has 0 aliphatic heterocycles. The Morgan fingerprint density at radius 2 is 1.88 bits per heavy atom. The second kappa shape index (κ2) is 9.30. The number of hydrogen-bond donors (Lipinski definition) is 2. The van der Waals surface area contributed by atoms with Crippen molar-refractivity contribution in [3.8, 4) is 17.0 Å². The Bertz CT molecular complexity index is 1270. The number of carbonyl (C=O) groups is 2. The van der Waals surface area contributed by atoms with Crippen LogP contribution in [0, 0.1) is 6.92 Å². The van der Waals surface area contributed by atoms with Gasteiger partial charge in [-0.2, -0.15) is 0 Å². The number of aromatic nitrogens is 2. The molecule has 0 bridgehead atoms. The highest BCUT2D eigenvalue weighted by Gasteiger charge is 2.19. The third kappa shape index (κ3) is 4.59. The Balaban J connectivity index is 1.61. The Morgan fingerprint density at radius 3 is 2.66 bits per heavy atom. The van der Waals surface area contributed by atoms with Crippen LogP contribution < -0.4 is 15.4 Å². The molecule has 0 saturated carbocycles. The third-order valence-electron chi connectivity index (χ3n) is 4.77. The van der Waals surface area contributed by atoms with Gasteiger partial charge in [0, 0.05) is 23.9 Å². The molecule has 0 aliphatic rings. The largest absolute Gasteiger partial charge is 0.484 e. The van der Waals surface area contributed by atoms with E-state index in [4.69, 9.17) is 9.26 Å². The topological polar surface area (TPSA) is 106 Å². The van der Waals surface area contributed by atoms with E-state index in [9.17, 15) is 9.59 Å². The summed E-state index contributed by atoms with van der Waals surface area (Å²) in [5.41, 5.74) is 3.28. The van der Waals surface area contributed by atoms with Crippen LogP contribution in [0.25, 0.3) is 22.4 Å². The number of aryl methyl sites for hydroxylation is 1. The normalized spacial score (nSPS) is 10.7. The highest BCUT2D eigenvalue weighted by molar-refractivity contribution is 6.13. The number of ether oxygens (including phenoxy) is 1. The monoisotopic (exact) mass is 430 g/mol. The molecule has 8 heteroatoms. The van der Waals surface area contributed by atoms with Crippen molar-refractivity contribution in [2.45, 2.75) is 13.8 Å². The lowest BCUT2D eigenvalue weighted by atomic mass is 10.0. The second-order valence-corrected chi connectivity index (χ2v) is 7.09. The Morgan fingerprint density at radius 1 is 1.06 bits per heavy atom. The van der Waals surface area contributed by atoms with Gasteiger partial charge < -0.3 is 19.9 Å². The number of amides is 2. The van der Waals surface area contributed by atoms with E-state index < -0.39 is 0 Å². The van der Waals surface area contributed by atoms with Gasteiger partial charge in [-0.25, -0.2) is 4.98 Å². The molecule has 4 aromatic rings. The lowest BCUT2D eigenvalue weighted by Crippen LogP contribution is -2.28. The number of nitrogens with zero attached hydrogens (tertiary/aromatic N) is 2. The Labute approximate surface area is 184 Å². The van der Waals surface area contributed by atoms with Crippen LogP contribution in [-0.2, 0) is 4.79 Å². The fourth-order valence-corrected chi connectivity index (χ4v) is 3.29. The molecule has 162 valence electrons. The molecule has 0 saturated heterocycles. The molecule has 0 aliphatic carbocycles. The summed E-state index contributed by atoms with van der Waals surface area (Å²) in [4.78, 5) is 29.3. The molecular formula is C24H22N4O4. The molecule has 2 N–H and O–H groups in total. The summed E-state index contributed by atoms with van der Waals surface area (Å²) in [6, 6.07) is 18.1. The van der Waals surface area contributed by atoms with Crippen molar-refractivity contribution in [2.24, 2.45) is 0 Å². The van der Waals surface area contributed by atoms with E-state index >= 15 is 0 Å². The van der Waals surface area contributed by atoms with Crippen LogP contribution in [0.15, 0.2) is 65.2 Å². The van der Waals surface area contributed by atoms with Crippen molar-refractivity contribution < 1.29 is 18.8 Å². The number of anilines is 1. The summed E-state index contributed by atoms with van der Waals surface area (Å²) in [5, 5.41) is 10.1. The average Bonchev–Trinajstić information content (AvgIpc) is 3.19. The first-order chi connectivity index (χ1) is 15.5. The molecule has 2 aromatic heterocycles. The SMILES string of the molecule is CCNC(=O)COc1cccc(NC(=O)c2cc(-c3ccccc3)nc3onc(C)c23)c1. The quantitative estimate of drug-likeness (QED) is 0.460.